The molecule has 0 saturated heterocycles. The Kier molecular flexibility index (Phi) is 7.11. The summed E-state index contributed by atoms with van der Waals surface area (Å²) in [5.74, 6) is 0.0654. The van der Waals surface area contributed by atoms with Gasteiger partial charge in [0.25, 0.3) is 0 Å². The predicted octanol–water partition coefficient (Wildman–Crippen LogP) is 5.66. The molecule has 3 aromatic carbocycles. The monoisotopic (exact) mass is 375 g/mol. The largest absolute Gasteiger partial charge is 0.352 e. The van der Waals surface area contributed by atoms with Crippen molar-refractivity contribution in [3.63, 3.8) is 0 Å². The molecule has 27 heavy (non-hydrogen) atoms. The van der Waals surface area contributed by atoms with Crippen LogP contribution in [0, 0.1) is 0 Å². The molecule has 0 aliphatic rings. The van der Waals surface area contributed by atoms with Crippen molar-refractivity contribution in [2.45, 2.75) is 36.0 Å². The minimum absolute atomic E-state index is 0.0654. The van der Waals surface area contributed by atoms with Crippen LogP contribution in [0.15, 0.2) is 95.9 Å². The number of hydrogen-bond acceptors (Lipinski definition) is 2. The first kappa shape index (κ1) is 19.2. The van der Waals surface area contributed by atoms with Crippen molar-refractivity contribution >= 4 is 17.7 Å². The van der Waals surface area contributed by atoms with Crippen molar-refractivity contribution in [3.05, 3.63) is 102 Å². The Morgan fingerprint density at radius 3 is 2.04 bits per heavy atom. The predicted molar refractivity (Wildman–Crippen MR) is 114 cm³/mol. The van der Waals surface area contributed by atoms with E-state index >= 15 is 0 Å². The number of nitrogens with one attached hydrogen (secondary N) is 1. The van der Waals surface area contributed by atoms with Gasteiger partial charge in [0.15, 0.2) is 0 Å². The molecule has 0 radical (unpaired) electrons. The summed E-state index contributed by atoms with van der Waals surface area (Å²) in [5, 5.41) is 2.95. The highest BCUT2D eigenvalue weighted by Crippen LogP contribution is 2.35. The lowest BCUT2D eigenvalue weighted by Crippen LogP contribution is -2.35. The Balaban J connectivity index is 1.65. The third kappa shape index (κ3) is 6.00. The van der Waals surface area contributed by atoms with Crippen molar-refractivity contribution < 1.29 is 4.79 Å². The van der Waals surface area contributed by atoms with Crippen molar-refractivity contribution in [3.8, 4) is 0 Å². The van der Waals surface area contributed by atoms with Crippen molar-refractivity contribution in [1.29, 1.82) is 0 Å². The molecule has 0 saturated carbocycles. The Morgan fingerprint density at radius 2 is 1.41 bits per heavy atom. The summed E-state index contributed by atoms with van der Waals surface area (Å²) in [6, 6.07) is 30.6. The molecular weight excluding hydrogens is 350 g/mol. The van der Waals surface area contributed by atoms with Gasteiger partial charge in [0.05, 0.1) is 0 Å². The summed E-state index contributed by atoms with van der Waals surface area (Å²) < 4.78 is 0. The maximum atomic E-state index is 13.0. The van der Waals surface area contributed by atoms with E-state index in [9.17, 15) is 4.79 Å². The second-order valence-electron chi connectivity index (χ2n) is 6.66. The van der Waals surface area contributed by atoms with Crippen LogP contribution in [-0.4, -0.2) is 11.9 Å². The average molecular weight is 376 g/mol. The van der Waals surface area contributed by atoms with E-state index in [1.165, 1.54) is 5.56 Å². The first-order valence-corrected chi connectivity index (χ1v) is 10.2. The summed E-state index contributed by atoms with van der Waals surface area (Å²) >= 11 is 1.59. The first-order chi connectivity index (χ1) is 13.2. The number of aryl methyl sites for hydroxylation is 1. The Hall–Kier alpha value is -2.52. The minimum Gasteiger partial charge on any atom is -0.352 e. The fourth-order valence-corrected chi connectivity index (χ4v) is 4.01. The molecule has 1 N–H and O–H groups in total. The van der Waals surface area contributed by atoms with E-state index in [-0.39, 0.29) is 17.2 Å². The number of amides is 1. The lowest BCUT2D eigenvalue weighted by Gasteiger charge is -2.20. The van der Waals surface area contributed by atoms with Gasteiger partial charge in [-0.2, -0.15) is 0 Å². The molecule has 0 aliphatic heterocycles. The van der Waals surface area contributed by atoms with Gasteiger partial charge < -0.3 is 5.32 Å². The van der Waals surface area contributed by atoms with Crippen LogP contribution in [0.4, 0.5) is 0 Å². The molecule has 0 unspecified atom stereocenters. The molecule has 0 spiro atoms. The van der Waals surface area contributed by atoms with Gasteiger partial charge in [-0.25, -0.2) is 0 Å². The molecule has 2 nitrogen and oxygen atoms in total. The van der Waals surface area contributed by atoms with Crippen LogP contribution in [0.5, 0.6) is 0 Å². The molecule has 0 aromatic heterocycles. The van der Waals surface area contributed by atoms with Crippen LogP contribution >= 0.6 is 11.8 Å². The van der Waals surface area contributed by atoms with Crippen LogP contribution in [-0.2, 0) is 11.2 Å². The fourth-order valence-electron chi connectivity index (χ4n) is 2.95. The second-order valence-corrected chi connectivity index (χ2v) is 7.83. The lowest BCUT2D eigenvalue weighted by atomic mass is 10.1. The van der Waals surface area contributed by atoms with Gasteiger partial charge in [0, 0.05) is 10.9 Å². The number of hydrogen-bond donors (Lipinski definition) is 1. The third-order valence-electron chi connectivity index (χ3n) is 4.44. The Bertz CT molecular complexity index is 821. The number of thioether (sulfide) groups is 1. The standard InChI is InChI=1S/C24H25NOS/c1-19(17-18-20-11-5-2-6-12-20)25-24(26)23(21-13-7-3-8-14-21)27-22-15-9-4-10-16-22/h2-16,19,23H,17-18H2,1H3,(H,25,26)/t19-,23-/m1/s1. The van der Waals surface area contributed by atoms with E-state index in [4.69, 9.17) is 0 Å². The molecule has 138 valence electrons. The zero-order valence-electron chi connectivity index (χ0n) is 15.5. The quantitative estimate of drug-likeness (QED) is 0.515. The van der Waals surface area contributed by atoms with E-state index in [0.717, 1.165) is 23.3 Å². The highest BCUT2D eigenvalue weighted by molar-refractivity contribution is 8.00. The fraction of sp³-hybridized carbons (Fsp3) is 0.208. The van der Waals surface area contributed by atoms with E-state index < -0.39 is 0 Å². The van der Waals surface area contributed by atoms with Crippen LogP contribution < -0.4 is 5.32 Å². The smallest absolute Gasteiger partial charge is 0.238 e. The Labute approximate surface area is 166 Å². The van der Waals surface area contributed by atoms with Crippen molar-refractivity contribution in [1.82, 2.24) is 5.32 Å². The summed E-state index contributed by atoms with van der Waals surface area (Å²) in [6.07, 6.45) is 1.89. The third-order valence-corrected chi connectivity index (χ3v) is 5.70. The van der Waals surface area contributed by atoms with Gasteiger partial charge >= 0.3 is 0 Å². The van der Waals surface area contributed by atoms with Gasteiger partial charge in [-0.1, -0.05) is 78.9 Å². The van der Waals surface area contributed by atoms with Gasteiger partial charge in [-0.15, -0.1) is 11.8 Å². The maximum Gasteiger partial charge on any atom is 0.238 e. The number of carbonyl (C=O) groups excluding carboxylic acids is 1. The number of rotatable bonds is 8. The number of carbonyl (C=O) groups is 1. The van der Waals surface area contributed by atoms with Crippen LogP contribution in [0.2, 0.25) is 0 Å². The highest BCUT2D eigenvalue weighted by atomic mass is 32.2. The highest BCUT2D eigenvalue weighted by Gasteiger charge is 2.23. The van der Waals surface area contributed by atoms with E-state index in [2.05, 4.69) is 36.5 Å². The first-order valence-electron chi connectivity index (χ1n) is 9.33. The minimum atomic E-state index is -0.257. The summed E-state index contributed by atoms with van der Waals surface area (Å²) in [4.78, 5) is 14.1. The maximum absolute atomic E-state index is 13.0. The average Bonchev–Trinajstić information content (AvgIpc) is 2.72. The molecule has 0 aliphatic carbocycles. The van der Waals surface area contributed by atoms with Gasteiger partial charge in [0.2, 0.25) is 5.91 Å². The second kappa shape index (κ2) is 9.98. The molecule has 0 fully saturated rings. The van der Waals surface area contributed by atoms with E-state index in [1.54, 1.807) is 11.8 Å². The number of benzene rings is 3. The molecule has 1 amide bonds. The normalized spacial score (nSPS) is 12.9. The van der Waals surface area contributed by atoms with Crippen LogP contribution in [0.3, 0.4) is 0 Å². The molecule has 3 aromatic rings. The SMILES string of the molecule is C[C@H](CCc1ccccc1)NC(=O)[C@H](Sc1ccccc1)c1ccccc1. The summed E-state index contributed by atoms with van der Waals surface area (Å²) in [7, 11) is 0. The van der Waals surface area contributed by atoms with Crippen LogP contribution in [0.1, 0.15) is 29.7 Å². The van der Waals surface area contributed by atoms with E-state index in [1.807, 2.05) is 66.7 Å². The topological polar surface area (TPSA) is 29.1 Å². The van der Waals surface area contributed by atoms with Crippen molar-refractivity contribution in [2.75, 3.05) is 0 Å². The Morgan fingerprint density at radius 1 is 0.852 bits per heavy atom. The molecule has 0 bridgehead atoms. The molecule has 3 heteroatoms. The zero-order valence-corrected chi connectivity index (χ0v) is 16.4. The molecule has 0 heterocycles. The van der Waals surface area contributed by atoms with Gasteiger partial charge in [-0.05, 0) is 43.0 Å². The summed E-state index contributed by atoms with van der Waals surface area (Å²) in [6.45, 7) is 2.08. The van der Waals surface area contributed by atoms with Gasteiger partial charge in [0.1, 0.15) is 5.25 Å². The zero-order chi connectivity index (χ0) is 18.9. The molecule has 2 atom stereocenters. The van der Waals surface area contributed by atoms with E-state index in [0.29, 0.717) is 0 Å². The molecule has 3 rings (SSSR count). The summed E-state index contributed by atoms with van der Waals surface area (Å²) in [5.41, 5.74) is 2.33. The molecular formula is C24H25NOS. The van der Waals surface area contributed by atoms with Gasteiger partial charge in [-0.3, -0.25) is 4.79 Å². The van der Waals surface area contributed by atoms with Crippen molar-refractivity contribution in [2.24, 2.45) is 0 Å². The lowest BCUT2D eigenvalue weighted by molar-refractivity contribution is -0.121. The van der Waals surface area contributed by atoms with Crippen LogP contribution in [0.25, 0.3) is 0 Å².